The van der Waals surface area contributed by atoms with E-state index in [1.807, 2.05) is 19.9 Å². The molecule has 0 atom stereocenters. The van der Waals surface area contributed by atoms with Gasteiger partial charge in [-0.05, 0) is 23.6 Å². The summed E-state index contributed by atoms with van der Waals surface area (Å²) in [5.74, 6) is 0.704. The Bertz CT molecular complexity index is 405. The van der Waals surface area contributed by atoms with Crippen LogP contribution in [-0.2, 0) is 5.88 Å². The van der Waals surface area contributed by atoms with Crippen LogP contribution < -0.4 is 4.90 Å². The van der Waals surface area contributed by atoms with Crippen molar-refractivity contribution in [1.29, 1.82) is 0 Å². The van der Waals surface area contributed by atoms with Crippen molar-refractivity contribution >= 4 is 17.4 Å². The molecule has 0 saturated carbocycles. The SMILES string of the molecule is CC(C)c1cc(CCl)cc(N(C)CC(F)(F)F)n1. The molecule has 1 heterocycles. The smallest absolute Gasteiger partial charge is 0.351 e. The number of anilines is 1. The third-order valence-corrected chi connectivity index (χ3v) is 2.75. The molecule has 0 spiro atoms. The molecular weight excluding hydrogens is 265 g/mol. The predicted molar refractivity (Wildman–Crippen MR) is 67.2 cm³/mol. The molecule has 0 saturated heterocycles. The molecule has 1 aromatic heterocycles. The average Bonchev–Trinajstić information content (AvgIpc) is 2.26. The lowest BCUT2D eigenvalue weighted by molar-refractivity contribution is -0.119. The molecule has 102 valence electrons. The first-order chi connectivity index (χ1) is 8.23. The quantitative estimate of drug-likeness (QED) is 0.777. The van der Waals surface area contributed by atoms with E-state index in [4.69, 9.17) is 11.6 Å². The maximum atomic E-state index is 12.3. The highest BCUT2D eigenvalue weighted by atomic mass is 35.5. The van der Waals surface area contributed by atoms with Gasteiger partial charge >= 0.3 is 6.18 Å². The van der Waals surface area contributed by atoms with E-state index < -0.39 is 12.7 Å². The van der Waals surface area contributed by atoms with E-state index in [9.17, 15) is 13.2 Å². The molecule has 0 radical (unpaired) electrons. The molecule has 0 amide bonds. The predicted octanol–water partition coefficient (Wildman–Crippen LogP) is 3.94. The van der Waals surface area contributed by atoms with Gasteiger partial charge in [-0.15, -0.1) is 11.6 Å². The summed E-state index contributed by atoms with van der Waals surface area (Å²) in [6.07, 6.45) is -4.24. The highest BCUT2D eigenvalue weighted by molar-refractivity contribution is 6.17. The number of pyridine rings is 1. The molecule has 6 heteroatoms. The fourth-order valence-corrected chi connectivity index (χ4v) is 1.67. The zero-order chi connectivity index (χ0) is 13.9. The van der Waals surface area contributed by atoms with Gasteiger partial charge in [-0.1, -0.05) is 13.8 Å². The zero-order valence-electron chi connectivity index (χ0n) is 10.6. The normalized spacial score (nSPS) is 12.0. The summed E-state index contributed by atoms with van der Waals surface area (Å²) in [7, 11) is 1.37. The zero-order valence-corrected chi connectivity index (χ0v) is 11.3. The summed E-state index contributed by atoms with van der Waals surface area (Å²) in [5.41, 5.74) is 1.52. The maximum absolute atomic E-state index is 12.3. The summed E-state index contributed by atoms with van der Waals surface area (Å²) in [5, 5.41) is 0. The molecule has 0 bridgehead atoms. The third-order valence-electron chi connectivity index (χ3n) is 2.44. The first-order valence-corrected chi connectivity index (χ1v) is 6.11. The van der Waals surface area contributed by atoms with Crippen LogP contribution in [-0.4, -0.2) is 24.8 Å². The molecule has 0 unspecified atom stereocenters. The second kappa shape index (κ2) is 5.78. The molecule has 0 aliphatic rings. The van der Waals surface area contributed by atoms with Gasteiger partial charge in [0.05, 0.1) is 0 Å². The second-order valence-corrected chi connectivity index (χ2v) is 4.79. The Morgan fingerprint density at radius 2 is 1.94 bits per heavy atom. The van der Waals surface area contributed by atoms with Gasteiger partial charge < -0.3 is 4.90 Å². The molecule has 18 heavy (non-hydrogen) atoms. The number of aromatic nitrogens is 1. The van der Waals surface area contributed by atoms with Crippen LogP contribution >= 0.6 is 11.6 Å². The fraction of sp³-hybridized carbons (Fsp3) is 0.583. The van der Waals surface area contributed by atoms with Gasteiger partial charge in [-0.25, -0.2) is 4.98 Å². The van der Waals surface area contributed by atoms with Crippen LogP contribution in [0, 0.1) is 0 Å². The van der Waals surface area contributed by atoms with Crippen LogP contribution in [0.4, 0.5) is 19.0 Å². The van der Waals surface area contributed by atoms with Crippen molar-refractivity contribution in [3.8, 4) is 0 Å². The lowest BCUT2D eigenvalue weighted by Gasteiger charge is -2.21. The summed E-state index contributed by atoms with van der Waals surface area (Å²) < 4.78 is 37.0. The molecule has 1 rings (SSSR count). The van der Waals surface area contributed by atoms with E-state index in [0.29, 0.717) is 5.82 Å². The lowest BCUT2D eigenvalue weighted by Crippen LogP contribution is -2.31. The summed E-state index contributed by atoms with van der Waals surface area (Å²) >= 11 is 5.74. The number of rotatable bonds is 4. The van der Waals surface area contributed by atoms with Crippen molar-refractivity contribution in [1.82, 2.24) is 4.98 Å². The van der Waals surface area contributed by atoms with Crippen molar-refractivity contribution in [2.75, 3.05) is 18.5 Å². The first kappa shape index (κ1) is 15.1. The Labute approximate surface area is 110 Å². The average molecular weight is 281 g/mol. The van der Waals surface area contributed by atoms with Crippen molar-refractivity contribution < 1.29 is 13.2 Å². The number of alkyl halides is 4. The van der Waals surface area contributed by atoms with Crippen molar-refractivity contribution in [3.63, 3.8) is 0 Å². The molecular formula is C12H16ClF3N2. The second-order valence-electron chi connectivity index (χ2n) is 4.52. The highest BCUT2D eigenvalue weighted by Crippen LogP contribution is 2.23. The number of hydrogen-bond donors (Lipinski definition) is 0. The van der Waals surface area contributed by atoms with E-state index in [0.717, 1.165) is 16.2 Å². The third kappa shape index (κ3) is 4.37. The maximum Gasteiger partial charge on any atom is 0.405 e. The fourth-order valence-electron chi connectivity index (χ4n) is 1.51. The molecule has 0 aromatic carbocycles. The van der Waals surface area contributed by atoms with Crippen LogP contribution in [0.3, 0.4) is 0 Å². The van der Waals surface area contributed by atoms with Crippen LogP contribution in [0.2, 0.25) is 0 Å². The Hall–Kier alpha value is -0.970. The van der Waals surface area contributed by atoms with E-state index in [-0.39, 0.29) is 11.8 Å². The highest BCUT2D eigenvalue weighted by Gasteiger charge is 2.30. The van der Waals surface area contributed by atoms with Crippen LogP contribution in [0.15, 0.2) is 12.1 Å². The Morgan fingerprint density at radius 3 is 2.39 bits per heavy atom. The molecule has 0 N–H and O–H groups in total. The topological polar surface area (TPSA) is 16.1 Å². The first-order valence-electron chi connectivity index (χ1n) is 5.57. The minimum absolute atomic E-state index is 0.145. The molecule has 2 nitrogen and oxygen atoms in total. The van der Waals surface area contributed by atoms with Crippen molar-refractivity contribution in [2.45, 2.75) is 31.8 Å². The van der Waals surface area contributed by atoms with E-state index in [1.54, 1.807) is 6.07 Å². The lowest BCUT2D eigenvalue weighted by atomic mass is 10.1. The Balaban J connectivity index is 3.04. The summed E-state index contributed by atoms with van der Waals surface area (Å²) in [6, 6.07) is 3.41. The minimum atomic E-state index is -4.24. The van der Waals surface area contributed by atoms with Gasteiger partial charge in [-0.2, -0.15) is 13.2 Å². The van der Waals surface area contributed by atoms with E-state index in [1.165, 1.54) is 7.05 Å². The molecule has 1 aromatic rings. The standard InChI is InChI=1S/C12H16ClF3N2/c1-8(2)10-4-9(6-13)5-11(17-10)18(3)7-12(14,15)16/h4-5,8H,6-7H2,1-3H3. The Kier molecular flexibility index (Phi) is 4.85. The van der Waals surface area contributed by atoms with Crippen LogP contribution in [0.25, 0.3) is 0 Å². The molecule has 0 fully saturated rings. The number of halogens is 4. The van der Waals surface area contributed by atoms with Crippen molar-refractivity contribution in [3.05, 3.63) is 23.4 Å². The number of hydrogen-bond acceptors (Lipinski definition) is 2. The van der Waals surface area contributed by atoms with Gasteiger partial charge in [0.2, 0.25) is 0 Å². The van der Waals surface area contributed by atoms with Gasteiger partial charge in [0.25, 0.3) is 0 Å². The number of nitrogens with zero attached hydrogens (tertiary/aromatic N) is 2. The largest absolute Gasteiger partial charge is 0.405 e. The molecule has 0 aliphatic carbocycles. The van der Waals surface area contributed by atoms with Crippen LogP contribution in [0.1, 0.15) is 31.0 Å². The van der Waals surface area contributed by atoms with Gasteiger partial charge in [0.15, 0.2) is 0 Å². The molecule has 0 aliphatic heterocycles. The van der Waals surface area contributed by atoms with Gasteiger partial charge in [0, 0.05) is 18.6 Å². The van der Waals surface area contributed by atoms with Gasteiger partial charge in [-0.3, -0.25) is 0 Å². The van der Waals surface area contributed by atoms with E-state index >= 15 is 0 Å². The van der Waals surface area contributed by atoms with Crippen LogP contribution in [0.5, 0.6) is 0 Å². The van der Waals surface area contributed by atoms with Gasteiger partial charge in [0.1, 0.15) is 12.4 Å². The monoisotopic (exact) mass is 280 g/mol. The van der Waals surface area contributed by atoms with E-state index in [2.05, 4.69) is 4.98 Å². The Morgan fingerprint density at radius 1 is 1.33 bits per heavy atom. The van der Waals surface area contributed by atoms with Crippen molar-refractivity contribution in [2.24, 2.45) is 0 Å². The minimum Gasteiger partial charge on any atom is -0.351 e. The summed E-state index contributed by atoms with van der Waals surface area (Å²) in [4.78, 5) is 5.32. The summed E-state index contributed by atoms with van der Waals surface area (Å²) in [6.45, 7) is 2.85.